The van der Waals surface area contributed by atoms with E-state index in [-0.39, 0.29) is 35.9 Å². The van der Waals surface area contributed by atoms with Crippen LogP contribution in [0.2, 0.25) is 0 Å². The normalized spacial score (nSPS) is 27.3. The molecule has 3 heterocycles. The topological polar surface area (TPSA) is 103 Å². The van der Waals surface area contributed by atoms with Crippen molar-refractivity contribution in [2.24, 2.45) is 5.92 Å². The third kappa shape index (κ3) is 6.30. The van der Waals surface area contributed by atoms with Crippen molar-refractivity contribution in [1.82, 2.24) is 26.0 Å². The Balaban J connectivity index is 1.43. The number of nitrogens with zero attached hydrogens (tertiary/aromatic N) is 2. The van der Waals surface area contributed by atoms with E-state index in [2.05, 4.69) is 21.1 Å². The van der Waals surface area contributed by atoms with E-state index in [0.29, 0.717) is 32.6 Å². The first-order chi connectivity index (χ1) is 13.7. The maximum Gasteiger partial charge on any atom is 0.410 e. The number of carbonyl (C=O) groups excluding carboxylic acids is 3. The molecule has 9 heteroatoms. The number of carbonyl (C=O) groups is 3. The van der Waals surface area contributed by atoms with Crippen LogP contribution in [-0.4, -0.2) is 78.1 Å². The van der Waals surface area contributed by atoms with Crippen molar-refractivity contribution in [3.05, 3.63) is 0 Å². The summed E-state index contributed by atoms with van der Waals surface area (Å²) in [6, 6.07) is 0.245. The minimum absolute atomic E-state index is 0.00423. The molecule has 3 fully saturated rings. The first-order valence-electron chi connectivity index (χ1n) is 10.8. The summed E-state index contributed by atoms with van der Waals surface area (Å²) in [5.74, 6) is 0.0563. The predicted octanol–water partition coefficient (Wildman–Crippen LogP) is 0.607. The average molecular weight is 410 g/mol. The molecule has 3 amide bonds. The molecule has 0 radical (unpaired) electrons. The van der Waals surface area contributed by atoms with Crippen LogP contribution >= 0.6 is 0 Å². The summed E-state index contributed by atoms with van der Waals surface area (Å²) >= 11 is 0. The zero-order chi connectivity index (χ0) is 21.0. The molecule has 0 aromatic heterocycles. The number of rotatable bonds is 3. The minimum atomic E-state index is -0.496. The summed E-state index contributed by atoms with van der Waals surface area (Å²) in [5, 5.41) is 3.19. The van der Waals surface area contributed by atoms with Gasteiger partial charge in [0.2, 0.25) is 11.8 Å². The predicted molar refractivity (Wildman–Crippen MR) is 108 cm³/mol. The average Bonchev–Trinajstić information content (AvgIpc) is 2.67. The lowest BCUT2D eigenvalue weighted by Gasteiger charge is -2.40. The summed E-state index contributed by atoms with van der Waals surface area (Å²) in [7, 11) is 0. The first kappa shape index (κ1) is 21.8. The third-order valence-electron chi connectivity index (χ3n) is 5.82. The summed E-state index contributed by atoms with van der Waals surface area (Å²) < 4.78 is 5.43. The van der Waals surface area contributed by atoms with E-state index in [0.717, 1.165) is 32.2 Å². The van der Waals surface area contributed by atoms with E-state index < -0.39 is 5.60 Å². The van der Waals surface area contributed by atoms with Crippen LogP contribution in [0.1, 0.15) is 52.9 Å². The Morgan fingerprint density at radius 2 is 1.86 bits per heavy atom. The van der Waals surface area contributed by atoms with Crippen molar-refractivity contribution in [1.29, 1.82) is 0 Å². The quantitative estimate of drug-likeness (QED) is 0.631. The molecule has 0 aliphatic carbocycles. The van der Waals surface area contributed by atoms with Gasteiger partial charge < -0.3 is 15.0 Å². The number of amides is 3. The van der Waals surface area contributed by atoms with Gasteiger partial charge in [-0.3, -0.25) is 19.9 Å². The van der Waals surface area contributed by atoms with Crippen LogP contribution in [0.15, 0.2) is 0 Å². The van der Waals surface area contributed by atoms with Gasteiger partial charge in [-0.25, -0.2) is 10.2 Å². The molecule has 9 nitrogen and oxygen atoms in total. The Labute approximate surface area is 172 Å². The number of nitrogens with one attached hydrogen (secondary N) is 3. The first-order valence-corrected chi connectivity index (χ1v) is 10.8. The lowest BCUT2D eigenvalue weighted by atomic mass is 9.94. The molecule has 3 N–H and O–H groups in total. The highest BCUT2D eigenvalue weighted by atomic mass is 16.6. The van der Waals surface area contributed by atoms with Crippen LogP contribution in [0.5, 0.6) is 0 Å². The molecule has 0 aromatic rings. The molecule has 3 saturated heterocycles. The SMILES string of the molecule is CC(C)(C)OC(=O)N1CCC(NC(=O)C2CCCN(C3CNNC(=O)C3)C2)CC1. The van der Waals surface area contributed by atoms with Gasteiger partial charge in [-0.1, -0.05) is 0 Å². The molecule has 3 aliphatic heterocycles. The van der Waals surface area contributed by atoms with Gasteiger partial charge >= 0.3 is 6.09 Å². The van der Waals surface area contributed by atoms with Crippen LogP contribution < -0.4 is 16.2 Å². The Bertz CT molecular complexity index is 612. The molecular weight excluding hydrogens is 374 g/mol. The van der Waals surface area contributed by atoms with Crippen LogP contribution in [0, 0.1) is 5.92 Å². The molecule has 2 unspecified atom stereocenters. The second kappa shape index (κ2) is 9.30. The number of piperidine rings is 2. The molecule has 29 heavy (non-hydrogen) atoms. The second-order valence-electron chi connectivity index (χ2n) is 9.37. The maximum atomic E-state index is 12.8. The smallest absolute Gasteiger partial charge is 0.410 e. The Hall–Kier alpha value is -1.87. The van der Waals surface area contributed by atoms with Crippen molar-refractivity contribution >= 4 is 17.9 Å². The Morgan fingerprint density at radius 3 is 2.52 bits per heavy atom. The summed E-state index contributed by atoms with van der Waals surface area (Å²) in [6.07, 6.45) is 3.53. The lowest BCUT2D eigenvalue weighted by molar-refractivity contribution is -0.128. The summed E-state index contributed by atoms with van der Waals surface area (Å²) in [5.41, 5.74) is 5.07. The van der Waals surface area contributed by atoms with Gasteiger partial charge in [-0.15, -0.1) is 0 Å². The molecule has 0 bridgehead atoms. The van der Waals surface area contributed by atoms with Crippen molar-refractivity contribution < 1.29 is 19.1 Å². The molecule has 2 atom stereocenters. The van der Waals surface area contributed by atoms with Gasteiger partial charge in [0.1, 0.15) is 5.60 Å². The van der Waals surface area contributed by atoms with E-state index in [9.17, 15) is 14.4 Å². The van der Waals surface area contributed by atoms with E-state index >= 15 is 0 Å². The summed E-state index contributed by atoms with van der Waals surface area (Å²) in [4.78, 5) is 40.6. The van der Waals surface area contributed by atoms with Crippen LogP contribution in [0.25, 0.3) is 0 Å². The standard InChI is InChI=1S/C20H35N5O4/c1-20(2,3)29-19(28)24-9-6-15(7-10-24)22-18(27)14-5-4-8-25(13-14)16-11-17(26)23-21-12-16/h14-16,21H,4-13H2,1-3H3,(H,22,27)(H,23,26). The Kier molecular flexibility index (Phi) is 7.00. The van der Waals surface area contributed by atoms with Gasteiger partial charge in [-0.2, -0.15) is 0 Å². The minimum Gasteiger partial charge on any atom is -0.444 e. The number of ether oxygens (including phenoxy) is 1. The van der Waals surface area contributed by atoms with Gasteiger partial charge in [0, 0.05) is 44.7 Å². The fourth-order valence-corrected chi connectivity index (χ4v) is 4.27. The van der Waals surface area contributed by atoms with E-state index in [1.54, 1.807) is 4.90 Å². The number of hydrogen-bond donors (Lipinski definition) is 3. The highest BCUT2D eigenvalue weighted by molar-refractivity contribution is 5.79. The highest BCUT2D eigenvalue weighted by Gasteiger charge is 2.34. The zero-order valence-corrected chi connectivity index (χ0v) is 17.8. The monoisotopic (exact) mass is 409 g/mol. The molecule has 3 rings (SSSR count). The molecule has 3 aliphatic rings. The van der Waals surface area contributed by atoms with Gasteiger partial charge in [0.15, 0.2) is 0 Å². The van der Waals surface area contributed by atoms with Crippen molar-refractivity contribution in [2.45, 2.75) is 70.6 Å². The Morgan fingerprint density at radius 1 is 1.14 bits per heavy atom. The zero-order valence-electron chi connectivity index (χ0n) is 17.8. The van der Waals surface area contributed by atoms with Crippen molar-refractivity contribution in [2.75, 3.05) is 32.7 Å². The fraction of sp³-hybridized carbons (Fsp3) is 0.850. The van der Waals surface area contributed by atoms with Crippen molar-refractivity contribution in [3.8, 4) is 0 Å². The fourth-order valence-electron chi connectivity index (χ4n) is 4.27. The van der Waals surface area contributed by atoms with E-state index in [1.807, 2.05) is 20.8 Å². The number of hydrazine groups is 1. The molecule has 164 valence electrons. The highest BCUT2D eigenvalue weighted by Crippen LogP contribution is 2.22. The van der Waals surface area contributed by atoms with Crippen molar-refractivity contribution in [3.63, 3.8) is 0 Å². The maximum absolute atomic E-state index is 12.8. The van der Waals surface area contributed by atoms with Gasteiger partial charge in [0.05, 0.1) is 5.92 Å². The molecular formula is C20H35N5O4. The van der Waals surface area contributed by atoms with Gasteiger partial charge in [-0.05, 0) is 53.0 Å². The van der Waals surface area contributed by atoms with Gasteiger partial charge in [0.25, 0.3) is 0 Å². The number of likely N-dealkylation sites (tertiary alicyclic amines) is 2. The third-order valence-corrected chi connectivity index (χ3v) is 5.82. The second-order valence-corrected chi connectivity index (χ2v) is 9.37. The van der Waals surface area contributed by atoms with E-state index in [4.69, 9.17) is 4.74 Å². The van der Waals surface area contributed by atoms with Crippen LogP contribution in [0.4, 0.5) is 4.79 Å². The van der Waals surface area contributed by atoms with Crippen LogP contribution in [-0.2, 0) is 14.3 Å². The molecule has 0 spiro atoms. The lowest BCUT2D eigenvalue weighted by Crippen LogP contribution is -2.58. The molecule has 0 saturated carbocycles. The van der Waals surface area contributed by atoms with E-state index in [1.165, 1.54) is 0 Å². The summed E-state index contributed by atoms with van der Waals surface area (Å²) in [6.45, 7) is 9.12. The number of hydrogen-bond acceptors (Lipinski definition) is 6. The molecule has 0 aromatic carbocycles. The van der Waals surface area contributed by atoms with Crippen LogP contribution in [0.3, 0.4) is 0 Å². The largest absolute Gasteiger partial charge is 0.444 e.